The predicted molar refractivity (Wildman–Crippen MR) is 53.3 cm³/mol. The zero-order valence-electron chi connectivity index (χ0n) is 6.78. The van der Waals surface area contributed by atoms with E-state index in [1.165, 1.54) is 0 Å². The van der Waals surface area contributed by atoms with Gasteiger partial charge in [0.2, 0.25) is 0 Å². The second kappa shape index (κ2) is 3.85. The Kier molecular flexibility index (Phi) is 2.80. The van der Waals surface area contributed by atoms with Crippen molar-refractivity contribution in [2.24, 2.45) is 0 Å². The molecule has 0 spiro atoms. The van der Waals surface area contributed by atoms with Gasteiger partial charge < -0.3 is 0 Å². The molecule has 13 heavy (non-hydrogen) atoms. The Morgan fingerprint density at radius 2 is 1.85 bits per heavy atom. The smallest absolute Gasteiger partial charge is 0.181 e. The third-order valence-corrected chi connectivity index (χ3v) is 1.63. The Morgan fingerprint density at radius 1 is 1.15 bits per heavy atom. The van der Waals surface area contributed by atoms with Crippen LogP contribution in [0.2, 0.25) is 0 Å². The molecule has 3 nitrogen and oxygen atoms in total. The molecule has 1 heterocycles. The monoisotopic (exact) mass is 175 g/mol. The fourth-order valence-electron chi connectivity index (χ4n) is 1.06. The Morgan fingerprint density at radius 3 is 2.38 bits per heavy atom. The summed E-state index contributed by atoms with van der Waals surface area (Å²) in [6.07, 6.45) is 0. The molecule has 0 aliphatic heterocycles. The lowest BCUT2D eigenvalue weighted by Gasteiger charge is -1.90. The van der Waals surface area contributed by atoms with E-state index in [9.17, 15) is 0 Å². The molecular formula is C10H13N3. The minimum absolute atomic E-state index is 0. The normalized spacial score (nSPS) is 9.31. The predicted octanol–water partition coefficient (Wildman–Crippen LogP) is 2.42. The van der Waals surface area contributed by atoms with Crippen LogP contribution in [-0.2, 0) is 0 Å². The average Bonchev–Trinajstić information content (AvgIpc) is 2.54. The van der Waals surface area contributed by atoms with Crippen LogP contribution >= 0.6 is 0 Å². The second-order valence-electron chi connectivity index (χ2n) is 2.61. The summed E-state index contributed by atoms with van der Waals surface area (Å²) in [4.78, 5) is 4.21. The van der Waals surface area contributed by atoms with Gasteiger partial charge in [-0.15, -0.1) is 0 Å². The molecule has 2 rings (SSSR count). The van der Waals surface area contributed by atoms with Crippen LogP contribution in [0.15, 0.2) is 30.3 Å². The van der Waals surface area contributed by atoms with E-state index in [4.69, 9.17) is 0 Å². The SMILES string of the molecule is C.Cc1nc(-c2ccccc2)n[nH]1. The van der Waals surface area contributed by atoms with E-state index in [1.807, 2.05) is 37.3 Å². The van der Waals surface area contributed by atoms with Gasteiger partial charge in [0.15, 0.2) is 5.82 Å². The van der Waals surface area contributed by atoms with Crippen LogP contribution in [0, 0.1) is 6.92 Å². The number of aryl methyl sites for hydroxylation is 1. The Bertz CT molecular complexity index is 365. The van der Waals surface area contributed by atoms with Gasteiger partial charge in [0, 0.05) is 5.56 Å². The van der Waals surface area contributed by atoms with Crippen LogP contribution in [0.25, 0.3) is 11.4 Å². The number of aromatic amines is 1. The minimum atomic E-state index is 0. The van der Waals surface area contributed by atoms with Crippen molar-refractivity contribution in [2.45, 2.75) is 14.4 Å². The van der Waals surface area contributed by atoms with Crippen LogP contribution in [0.4, 0.5) is 0 Å². The molecule has 0 unspecified atom stereocenters. The lowest BCUT2D eigenvalue weighted by molar-refractivity contribution is 1.04. The molecule has 1 N–H and O–H groups in total. The number of rotatable bonds is 1. The second-order valence-corrected chi connectivity index (χ2v) is 2.61. The standard InChI is InChI=1S/C9H9N3.CH4/c1-7-10-9(12-11-7)8-5-3-2-4-6-8;/h2-6H,1H3,(H,10,11,12);1H4. The van der Waals surface area contributed by atoms with Gasteiger partial charge in [-0.3, -0.25) is 5.10 Å². The zero-order valence-corrected chi connectivity index (χ0v) is 6.78. The summed E-state index contributed by atoms with van der Waals surface area (Å²) in [7, 11) is 0. The quantitative estimate of drug-likeness (QED) is 0.723. The van der Waals surface area contributed by atoms with Crippen LogP contribution in [-0.4, -0.2) is 15.2 Å². The fourth-order valence-corrected chi connectivity index (χ4v) is 1.06. The third kappa shape index (κ3) is 1.93. The molecule has 0 aliphatic carbocycles. The molecular weight excluding hydrogens is 162 g/mol. The summed E-state index contributed by atoms with van der Waals surface area (Å²) in [5.41, 5.74) is 1.04. The van der Waals surface area contributed by atoms with E-state index in [0.717, 1.165) is 17.2 Å². The Balaban J connectivity index is 0.000000845. The minimum Gasteiger partial charge on any atom is -0.263 e. The van der Waals surface area contributed by atoms with E-state index >= 15 is 0 Å². The van der Waals surface area contributed by atoms with Gasteiger partial charge in [-0.2, -0.15) is 5.10 Å². The number of nitrogens with zero attached hydrogens (tertiary/aromatic N) is 2. The summed E-state index contributed by atoms with van der Waals surface area (Å²) in [5.74, 6) is 1.60. The van der Waals surface area contributed by atoms with E-state index in [-0.39, 0.29) is 7.43 Å². The first-order valence-electron chi connectivity index (χ1n) is 3.81. The van der Waals surface area contributed by atoms with E-state index in [2.05, 4.69) is 15.2 Å². The van der Waals surface area contributed by atoms with Gasteiger partial charge in [-0.1, -0.05) is 37.8 Å². The summed E-state index contributed by atoms with van der Waals surface area (Å²) in [6.45, 7) is 1.89. The fraction of sp³-hybridized carbons (Fsp3) is 0.200. The molecule has 2 aromatic rings. The van der Waals surface area contributed by atoms with E-state index in [1.54, 1.807) is 0 Å². The van der Waals surface area contributed by atoms with Crippen LogP contribution < -0.4 is 0 Å². The molecule has 1 aromatic heterocycles. The Labute approximate surface area is 77.8 Å². The summed E-state index contributed by atoms with van der Waals surface area (Å²) >= 11 is 0. The van der Waals surface area contributed by atoms with Crippen molar-refractivity contribution in [3.63, 3.8) is 0 Å². The van der Waals surface area contributed by atoms with Gasteiger partial charge in [0.05, 0.1) is 0 Å². The molecule has 0 saturated carbocycles. The summed E-state index contributed by atoms with van der Waals surface area (Å²) in [6, 6.07) is 9.90. The van der Waals surface area contributed by atoms with Crippen molar-refractivity contribution in [1.82, 2.24) is 15.2 Å². The molecule has 1 aromatic carbocycles. The average molecular weight is 175 g/mol. The molecule has 3 heteroatoms. The highest BCUT2D eigenvalue weighted by molar-refractivity contribution is 5.53. The molecule has 0 fully saturated rings. The van der Waals surface area contributed by atoms with Gasteiger partial charge in [-0.05, 0) is 6.92 Å². The third-order valence-electron chi connectivity index (χ3n) is 1.63. The van der Waals surface area contributed by atoms with Crippen LogP contribution in [0.1, 0.15) is 13.3 Å². The van der Waals surface area contributed by atoms with Gasteiger partial charge in [-0.25, -0.2) is 4.98 Å². The number of aromatic nitrogens is 3. The molecule has 0 bridgehead atoms. The van der Waals surface area contributed by atoms with E-state index in [0.29, 0.717) is 0 Å². The lowest BCUT2D eigenvalue weighted by Crippen LogP contribution is -1.78. The number of hydrogen-bond acceptors (Lipinski definition) is 2. The molecule has 0 saturated heterocycles. The molecule has 68 valence electrons. The zero-order chi connectivity index (χ0) is 8.39. The van der Waals surface area contributed by atoms with Gasteiger partial charge in [0.1, 0.15) is 5.82 Å². The summed E-state index contributed by atoms with van der Waals surface area (Å²) in [5, 5.41) is 6.86. The summed E-state index contributed by atoms with van der Waals surface area (Å²) < 4.78 is 0. The first-order valence-corrected chi connectivity index (χ1v) is 3.81. The van der Waals surface area contributed by atoms with Crippen LogP contribution in [0.3, 0.4) is 0 Å². The number of nitrogens with one attached hydrogen (secondary N) is 1. The van der Waals surface area contributed by atoms with Crippen molar-refractivity contribution in [1.29, 1.82) is 0 Å². The first-order chi connectivity index (χ1) is 5.86. The maximum Gasteiger partial charge on any atom is 0.181 e. The van der Waals surface area contributed by atoms with Crippen LogP contribution in [0.5, 0.6) is 0 Å². The topological polar surface area (TPSA) is 41.6 Å². The van der Waals surface area contributed by atoms with Crippen molar-refractivity contribution in [3.8, 4) is 11.4 Å². The van der Waals surface area contributed by atoms with E-state index < -0.39 is 0 Å². The molecule has 0 radical (unpaired) electrons. The lowest BCUT2D eigenvalue weighted by atomic mass is 10.2. The van der Waals surface area contributed by atoms with Crippen molar-refractivity contribution >= 4 is 0 Å². The number of H-pyrrole nitrogens is 1. The largest absolute Gasteiger partial charge is 0.263 e. The number of benzene rings is 1. The molecule has 0 amide bonds. The first kappa shape index (κ1) is 9.45. The van der Waals surface area contributed by atoms with Crippen molar-refractivity contribution < 1.29 is 0 Å². The maximum atomic E-state index is 4.21. The highest BCUT2D eigenvalue weighted by Crippen LogP contribution is 2.12. The van der Waals surface area contributed by atoms with Crippen molar-refractivity contribution in [3.05, 3.63) is 36.2 Å². The number of hydrogen-bond donors (Lipinski definition) is 1. The van der Waals surface area contributed by atoms with Crippen molar-refractivity contribution in [2.75, 3.05) is 0 Å². The maximum absolute atomic E-state index is 4.21. The molecule has 0 aliphatic rings. The Hall–Kier alpha value is -1.64. The highest BCUT2D eigenvalue weighted by Gasteiger charge is 2.00. The van der Waals surface area contributed by atoms with Gasteiger partial charge >= 0.3 is 0 Å². The molecule has 0 atom stereocenters. The van der Waals surface area contributed by atoms with Gasteiger partial charge in [0.25, 0.3) is 0 Å². The highest BCUT2D eigenvalue weighted by atomic mass is 15.2.